The van der Waals surface area contributed by atoms with E-state index in [4.69, 9.17) is 11.6 Å². The first kappa shape index (κ1) is 14.0. The number of fused-ring (bicyclic) bond motifs is 1. The SMILES string of the molecule is CCNC(c1ccncc1Cl)c1cccc2ncccc12. The third-order valence-corrected chi connectivity index (χ3v) is 3.83. The Balaban J connectivity index is 2.19. The average molecular weight is 298 g/mol. The number of nitrogens with zero attached hydrogens (tertiary/aromatic N) is 2. The van der Waals surface area contributed by atoms with E-state index in [1.54, 1.807) is 12.4 Å². The predicted molar refractivity (Wildman–Crippen MR) is 86.5 cm³/mol. The Morgan fingerprint density at radius 1 is 1.10 bits per heavy atom. The van der Waals surface area contributed by atoms with Gasteiger partial charge in [-0.05, 0) is 35.9 Å². The highest BCUT2D eigenvalue weighted by molar-refractivity contribution is 6.31. The maximum atomic E-state index is 6.34. The highest BCUT2D eigenvalue weighted by atomic mass is 35.5. The van der Waals surface area contributed by atoms with Crippen molar-refractivity contribution in [2.75, 3.05) is 6.54 Å². The zero-order valence-corrected chi connectivity index (χ0v) is 12.5. The van der Waals surface area contributed by atoms with Crippen molar-refractivity contribution in [2.24, 2.45) is 0 Å². The summed E-state index contributed by atoms with van der Waals surface area (Å²) < 4.78 is 0. The molecule has 2 aromatic heterocycles. The zero-order valence-electron chi connectivity index (χ0n) is 11.8. The Bertz CT molecular complexity index is 752. The summed E-state index contributed by atoms with van der Waals surface area (Å²) in [6, 6.07) is 12.2. The summed E-state index contributed by atoms with van der Waals surface area (Å²) in [5.74, 6) is 0. The Labute approximate surface area is 129 Å². The smallest absolute Gasteiger partial charge is 0.0705 e. The van der Waals surface area contributed by atoms with Crippen LogP contribution in [0.5, 0.6) is 0 Å². The maximum absolute atomic E-state index is 6.34. The topological polar surface area (TPSA) is 37.8 Å². The van der Waals surface area contributed by atoms with E-state index < -0.39 is 0 Å². The maximum Gasteiger partial charge on any atom is 0.0705 e. The monoisotopic (exact) mass is 297 g/mol. The van der Waals surface area contributed by atoms with Crippen LogP contribution in [0.1, 0.15) is 24.1 Å². The largest absolute Gasteiger partial charge is 0.306 e. The van der Waals surface area contributed by atoms with Crippen LogP contribution in [0.2, 0.25) is 5.02 Å². The second kappa shape index (κ2) is 6.20. The molecule has 1 atom stereocenters. The molecule has 3 aromatic rings. The van der Waals surface area contributed by atoms with Crippen molar-refractivity contribution < 1.29 is 0 Å². The van der Waals surface area contributed by atoms with Crippen LogP contribution in [0.25, 0.3) is 10.9 Å². The Morgan fingerprint density at radius 3 is 2.81 bits per heavy atom. The van der Waals surface area contributed by atoms with Gasteiger partial charge in [-0.1, -0.05) is 36.7 Å². The molecule has 0 bridgehead atoms. The number of hydrogen-bond acceptors (Lipinski definition) is 3. The quantitative estimate of drug-likeness (QED) is 0.791. The summed E-state index contributed by atoms with van der Waals surface area (Å²) >= 11 is 6.34. The minimum atomic E-state index is 0.0263. The molecule has 0 aliphatic rings. The van der Waals surface area contributed by atoms with Crippen LogP contribution in [-0.4, -0.2) is 16.5 Å². The number of rotatable bonds is 4. The van der Waals surface area contributed by atoms with Gasteiger partial charge in [-0.25, -0.2) is 0 Å². The fourth-order valence-electron chi connectivity index (χ4n) is 2.59. The van der Waals surface area contributed by atoms with E-state index in [1.807, 2.05) is 30.5 Å². The molecule has 3 rings (SSSR count). The molecular weight excluding hydrogens is 282 g/mol. The molecule has 0 amide bonds. The van der Waals surface area contributed by atoms with Gasteiger partial charge in [0, 0.05) is 24.0 Å². The summed E-state index contributed by atoms with van der Waals surface area (Å²) in [4.78, 5) is 8.50. The van der Waals surface area contributed by atoms with Gasteiger partial charge >= 0.3 is 0 Å². The van der Waals surface area contributed by atoms with E-state index in [0.717, 1.165) is 23.0 Å². The Morgan fingerprint density at radius 2 is 2.00 bits per heavy atom. The summed E-state index contributed by atoms with van der Waals surface area (Å²) in [5, 5.41) is 5.32. The van der Waals surface area contributed by atoms with Gasteiger partial charge in [0.1, 0.15) is 0 Å². The van der Waals surface area contributed by atoms with Gasteiger partial charge in [-0.2, -0.15) is 0 Å². The number of halogens is 1. The lowest BCUT2D eigenvalue weighted by Crippen LogP contribution is -2.22. The van der Waals surface area contributed by atoms with E-state index in [9.17, 15) is 0 Å². The van der Waals surface area contributed by atoms with Crippen LogP contribution in [0.4, 0.5) is 0 Å². The predicted octanol–water partition coefficient (Wildman–Crippen LogP) is 3.98. The van der Waals surface area contributed by atoms with Gasteiger partial charge in [0.05, 0.1) is 16.6 Å². The zero-order chi connectivity index (χ0) is 14.7. The highest BCUT2D eigenvalue weighted by Gasteiger charge is 2.18. The highest BCUT2D eigenvalue weighted by Crippen LogP contribution is 2.31. The normalized spacial score (nSPS) is 12.5. The van der Waals surface area contributed by atoms with E-state index in [2.05, 4.69) is 34.3 Å². The first-order valence-corrected chi connectivity index (χ1v) is 7.35. The van der Waals surface area contributed by atoms with Crippen LogP contribution < -0.4 is 5.32 Å². The fraction of sp³-hybridized carbons (Fsp3) is 0.176. The van der Waals surface area contributed by atoms with Crippen LogP contribution >= 0.6 is 11.6 Å². The number of aromatic nitrogens is 2. The summed E-state index contributed by atoms with van der Waals surface area (Å²) in [6.07, 6.45) is 5.27. The molecule has 0 radical (unpaired) electrons. The molecule has 0 saturated carbocycles. The van der Waals surface area contributed by atoms with E-state index >= 15 is 0 Å². The Kier molecular flexibility index (Phi) is 4.13. The van der Waals surface area contributed by atoms with Gasteiger partial charge in [-0.3, -0.25) is 9.97 Å². The number of pyridine rings is 2. The van der Waals surface area contributed by atoms with E-state index in [-0.39, 0.29) is 6.04 Å². The second-order valence-corrected chi connectivity index (χ2v) is 5.21. The fourth-order valence-corrected chi connectivity index (χ4v) is 2.82. The van der Waals surface area contributed by atoms with Crippen molar-refractivity contribution in [2.45, 2.75) is 13.0 Å². The van der Waals surface area contributed by atoms with Gasteiger partial charge in [0.25, 0.3) is 0 Å². The molecule has 0 saturated heterocycles. The van der Waals surface area contributed by atoms with Crippen LogP contribution in [0, 0.1) is 0 Å². The van der Waals surface area contributed by atoms with Crippen molar-refractivity contribution in [1.29, 1.82) is 0 Å². The molecule has 3 nitrogen and oxygen atoms in total. The van der Waals surface area contributed by atoms with Crippen molar-refractivity contribution in [3.63, 3.8) is 0 Å². The summed E-state index contributed by atoms with van der Waals surface area (Å²) in [5.41, 5.74) is 3.20. The van der Waals surface area contributed by atoms with E-state index in [0.29, 0.717) is 5.02 Å². The third kappa shape index (κ3) is 2.75. The lowest BCUT2D eigenvalue weighted by molar-refractivity contribution is 0.634. The third-order valence-electron chi connectivity index (χ3n) is 3.51. The molecule has 0 spiro atoms. The first-order valence-electron chi connectivity index (χ1n) is 6.97. The van der Waals surface area contributed by atoms with Crippen LogP contribution in [0.15, 0.2) is 55.0 Å². The lowest BCUT2D eigenvalue weighted by atomic mass is 9.95. The average Bonchev–Trinajstić information content (AvgIpc) is 2.53. The van der Waals surface area contributed by atoms with Crippen LogP contribution in [0.3, 0.4) is 0 Å². The molecule has 21 heavy (non-hydrogen) atoms. The minimum absolute atomic E-state index is 0.0263. The molecule has 1 N–H and O–H groups in total. The molecule has 0 fully saturated rings. The van der Waals surface area contributed by atoms with Gasteiger partial charge in [-0.15, -0.1) is 0 Å². The molecular formula is C17H16ClN3. The van der Waals surface area contributed by atoms with Crippen molar-refractivity contribution in [3.8, 4) is 0 Å². The first-order chi connectivity index (χ1) is 10.3. The molecule has 0 aliphatic carbocycles. The van der Waals surface area contributed by atoms with Crippen molar-refractivity contribution >= 4 is 22.5 Å². The summed E-state index contributed by atoms with van der Waals surface area (Å²) in [7, 11) is 0. The van der Waals surface area contributed by atoms with Crippen LogP contribution in [-0.2, 0) is 0 Å². The standard InChI is InChI=1S/C17H16ClN3/c1-2-20-17(14-8-10-19-11-15(14)18)13-5-3-7-16-12(13)6-4-9-21-16/h3-11,17,20H,2H2,1H3. The molecule has 4 heteroatoms. The van der Waals surface area contributed by atoms with Gasteiger partial charge in [0.2, 0.25) is 0 Å². The van der Waals surface area contributed by atoms with Crippen molar-refractivity contribution in [3.05, 3.63) is 71.1 Å². The molecule has 106 valence electrons. The summed E-state index contributed by atoms with van der Waals surface area (Å²) in [6.45, 7) is 2.94. The number of hydrogen-bond donors (Lipinski definition) is 1. The lowest BCUT2D eigenvalue weighted by Gasteiger charge is -2.21. The van der Waals surface area contributed by atoms with Gasteiger partial charge in [0.15, 0.2) is 0 Å². The Hall–Kier alpha value is -1.97. The molecule has 2 heterocycles. The molecule has 1 unspecified atom stereocenters. The second-order valence-electron chi connectivity index (χ2n) is 4.81. The number of benzene rings is 1. The molecule has 0 aliphatic heterocycles. The number of nitrogens with one attached hydrogen (secondary N) is 1. The molecule has 1 aromatic carbocycles. The van der Waals surface area contributed by atoms with E-state index in [1.165, 1.54) is 5.56 Å². The van der Waals surface area contributed by atoms with Crippen molar-refractivity contribution in [1.82, 2.24) is 15.3 Å². The van der Waals surface area contributed by atoms with Gasteiger partial charge < -0.3 is 5.32 Å². The minimum Gasteiger partial charge on any atom is -0.306 e.